The Bertz CT molecular complexity index is 617. The second-order valence-electron chi connectivity index (χ2n) is 3.86. The van der Waals surface area contributed by atoms with Crippen molar-refractivity contribution >= 4 is 43.2 Å². The molecular weight excluding hydrogens is 376 g/mol. The van der Waals surface area contributed by atoms with Gasteiger partial charge in [-0.05, 0) is 40.2 Å². The molecule has 0 bridgehead atoms. The summed E-state index contributed by atoms with van der Waals surface area (Å²) in [6.45, 7) is 0.387. The quantitative estimate of drug-likeness (QED) is 0.611. The summed E-state index contributed by atoms with van der Waals surface area (Å²) in [6.07, 6.45) is 0. The molecule has 0 saturated heterocycles. The Morgan fingerprint density at radius 3 is 2.58 bits per heavy atom. The van der Waals surface area contributed by atoms with E-state index in [2.05, 4.69) is 37.2 Å². The van der Waals surface area contributed by atoms with Crippen LogP contribution >= 0.6 is 31.9 Å². The van der Waals surface area contributed by atoms with Gasteiger partial charge in [0.25, 0.3) is 5.69 Å². The van der Waals surface area contributed by atoms with Crippen LogP contribution in [0.2, 0.25) is 0 Å². The van der Waals surface area contributed by atoms with Gasteiger partial charge in [-0.25, -0.2) is 0 Å². The first kappa shape index (κ1) is 14.0. The lowest BCUT2D eigenvalue weighted by Gasteiger charge is -2.09. The number of hydrogen-bond acceptors (Lipinski definition) is 3. The van der Waals surface area contributed by atoms with Crippen LogP contribution in [0.1, 0.15) is 5.56 Å². The number of nitro groups is 1. The molecule has 19 heavy (non-hydrogen) atoms. The third-order valence-corrected chi connectivity index (χ3v) is 3.77. The average Bonchev–Trinajstić information content (AvgIpc) is 2.37. The Balaban J connectivity index is 2.22. The Kier molecular flexibility index (Phi) is 4.55. The molecule has 6 heteroatoms. The molecule has 98 valence electrons. The number of para-hydroxylation sites is 1. The van der Waals surface area contributed by atoms with Crippen molar-refractivity contribution in [1.82, 2.24) is 0 Å². The fourth-order valence-corrected chi connectivity index (χ4v) is 2.50. The van der Waals surface area contributed by atoms with E-state index in [0.29, 0.717) is 12.1 Å². The number of hydrogen-bond donors (Lipinski definition) is 1. The van der Waals surface area contributed by atoms with E-state index in [1.54, 1.807) is 12.1 Å². The molecule has 0 atom stereocenters. The van der Waals surface area contributed by atoms with Gasteiger partial charge in [0.2, 0.25) is 0 Å². The molecule has 0 heterocycles. The highest BCUT2D eigenvalue weighted by molar-refractivity contribution is 9.10. The normalized spacial score (nSPS) is 10.2. The zero-order valence-electron chi connectivity index (χ0n) is 9.77. The van der Waals surface area contributed by atoms with Gasteiger partial charge in [-0.15, -0.1) is 0 Å². The standard InChI is InChI=1S/C13H10Br2N2O2/c14-10-5-6-13(17(18)19)9(7-10)8-16-12-4-2-1-3-11(12)15/h1-7,16H,8H2. The number of nitro benzene ring substituents is 1. The maximum Gasteiger partial charge on any atom is 0.274 e. The summed E-state index contributed by atoms with van der Waals surface area (Å²) < 4.78 is 1.75. The molecule has 0 aliphatic rings. The number of benzene rings is 2. The molecule has 2 aromatic carbocycles. The van der Waals surface area contributed by atoms with Gasteiger partial charge in [0.05, 0.1) is 4.92 Å². The molecule has 2 rings (SSSR count). The molecule has 0 fully saturated rings. The van der Waals surface area contributed by atoms with Crippen LogP contribution in [0.5, 0.6) is 0 Å². The minimum absolute atomic E-state index is 0.114. The largest absolute Gasteiger partial charge is 0.380 e. The molecular formula is C13H10Br2N2O2. The average molecular weight is 386 g/mol. The van der Waals surface area contributed by atoms with Gasteiger partial charge in [-0.2, -0.15) is 0 Å². The second kappa shape index (κ2) is 6.16. The second-order valence-corrected chi connectivity index (χ2v) is 5.63. The molecule has 0 aromatic heterocycles. The van der Waals surface area contributed by atoms with Crippen LogP contribution in [0, 0.1) is 10.1 Å². The Morgan fingerprint density at radius 1 is 1.16 bits per heavy atom. The van der Waals surface area contributed by atoms with Gasteiger partial charge in [-0.3, -0.25) is 10.1 Å². The van der Waals surface area contributed by atoms with Gasteiger partial charge in [-0.1, -0.05) is 28.1 Å². The van der Waals surface area contributed by atoms with Crippen molar-refractivity contribution in [3.63, 3.8) is 0 Å². The van der Waals surface area contributed by atoms with Crippen LogP contribution in [-0.4, -0.2) is 4.92 Å². The van der Waals surface area contributed by atoms with Gasteiger partial charge in [0.15, 0.2) is 0 Å². The highest BCUT2D eigenvalue weighted by atomic mass is 79.9. The summed E-state index contributed by atoms with van der Waals surface area (Å²) in [5, 5.41) is 14.1. The van der Waals surface area contributed by atoms with E-state index in [9.17, 15) is 10.1 Å². The first-order chi connectivity index (χ1) is 9.08. The van der Waals surface area contributed by atoms with E-state index in [0.717, 1.165) is 14.6 Å². The summed E-state index contributed by atoms with van der Waals surface area (Å²) in [7, 11) is 0. The lowest BCUT2D eigenvalue weighted by molar-refractivity contribution is -0.385. The molecule has 0 aliphatic heterocycles. The summed E-state index contributed by atoms with van der Waals surface area (Å²) in [6, 6.07) is 12.6. The maximum absolute atomic E-state index is 11.0. The summed E-state index contributed by atoms with van der Waals surface area (Å²) >= 11 is 6.75. The Hall–Kier alpha value is -1.40. The van der Waals surface area contributed by atoms with Crippen molar-refractivity contribution in [2.45, 2.75) is 6.54 Å². The first-order valence-corrected chi connectivity index (χ1v) is 7.08. The smallest absolute Gasteiger partial charge is 0.274 e. The van der Waals surface area contributed by atoms with E-state index in [-0.39, 0.29) is 10.6 Å². The van der Waals surface area contributed by atoms with Crippen molar-refractivity contribution in [2.24, 2.45) is 0 Å². The van der Waals surface area contributed by atoms with Crippen molar-refractivity contribution < 1.29 is 4.92 Å². The Labute approximate surface area is 127 Å². The summed E-state index contributed by atoms with van der Waals surface area (Å²) in [4.78, 5) is 10.6. The molecule has 4 nitrogen and oxygen atoms in total. The third-order valence-electron chi connectivity index (χ3n) is 2.58. The van der Waals surface area contributed by atoms with Crippen LogP contribution in [0.15, 0.2) is 51.4 Å². The first-order valence-electron chi connectivity index (χ1n) is 5.49. The number of halogens is 2. The Morgan fingerprint density at radius 2 is 1.89 bits per heavy atom. The van der Waals surface area contributed by atoms with Crippen molar-refractivity contribution in [2.75, 3.05) is 5.32 Å². The van der Waals surface area contributed by atoms with Gasteiger partial charge in [0, 0.05) is 32.8 Å². The van der Waals surface area contributed by atoms with E-state index < -0.39 is 0 Å². The lowest BCUT2D eigenvalue weighted by atomic mass is 10.2. The zero-order chi connectivity index (χ0) is 13.8. The molecule has 2 aromatic rings. The highest BCUT2D eigenvalue weighted by Crippen LogP contribution is 2.26. The van der Waals surface area contributed by atoms with Gasteiger partial charge < -0.3 is 5.32 Å². The zero-order valence-corrected chi connectivity index (χ0v) is 12.9. The minimum atomic E-state index is -0.372. The molecule has 0 aliphatic carbocycles. The van der Waals surface area contributed by atoms with Crippen molar-refractivity contribution in [3.8, 4) is 0 Å². The minimum Gasteiger partial charge on any atom is -0.380 e. The van der Waals surface area contributed by atoms with Crippen LogP contribution < -0.4 is 5.32 Å². The van der Waals surface area contributed by atoms with E-state index in [1.807, 2.05) is 24.3 Å². The maximum atomic E-state index is 11.0. The third kappa shape index (κ3) is 3.54. The predicted octanol–water partition coefficient (Wildman–Crippen LogP) is 4.73. The van der Waals surface area contributed by atoms with Crippen LogP contribution in [-0.2, 0) is 6.54 Å². The molecule has 0 saturated carbocycles. The predicted molar refractivity (Wildman–Crippen MR) is 82.3 cm³/mol. The lowest BCUT2D eigenvalue weighted by Crippen LogP contribution is -2.03. The van der Waals surface area contributed by atoms with Gasteiger partial charge in [0.1, 0.15) is 0 Å². The fraction of sp³-hybridized carbons (Fsp3) is 0.0769. The summed E-state index contributed by atoms with van der Waals surface area (Å²) in [5.41, 5.74) is 1.65. The molecule has 0 amide bonds. The van der Waals surface area contributed by atoms with Crippen LogP contribution in [0.4, 0.5) is 11.4 Å². The van der Waals surface area contributed by atoms with Crippen LogP contribution in [0.25, 0.3) is 0 Å². The highest BCUT2D eigenvalue weighted by Gasteiger charge is 2.13. The van der Waals surface area contributed by atoms with E-state index >= 15 is 0 Å². The number of nitrogens with zero attached hydrogens (tertiary/aromatic N) is 1. The van der Waals surface area contributed by atoms with Crippen molar-refractivity contribution in [3.05, 3.63) is 67.1 Å². The van der Waals surface area contributed by atoms with Gasteiger partial charge >= 0.3 is 0 Å². The van der Waals surface area contributed by atoms with E-state index in [1.165, 1.54) is 6.07 Å². The molecule has 0 unspecified atom stereocenters. The van der Waals surface area contributed by atoms with Crippen molar-refractivity contribution in [1.29, 1.82) is 0 Å². The number of rotatable bonds is 4. The monoisotopic (exact) mass is 384 g/mol. The number of anilines is 1. The van der Waals surface area contributed by atoms with E-state index in [4.69, 9.17) is 0 Å². The SMILES string of the molecule is O=[N+]([O-])c1ccc(Br)cc1CNc1ccccc1Br. The fourth-order valence-electron chi connectivity index (χ4n) is 1.67. The summed E-state index contributed by atoms with van der Waals surface area (Å²) in [5.74, 6) is 0. The number of nitrogens with one attached hydrogen (secondary N) is 1. The molecule has 0 spiro atoms. The van der Waals surface area contributed by atoms with Crippen LogP contribution in [0.3, 0.4) is 0 Å². The topological polar surface area (TPSA) is 55.2 Å². The molecule has 0 radical (unpaired) electrons. The molecule has 1 N–H and O–H groups in total.